The quantitative estimate of drug-likeness (QED) is 0.557. The summed E-state index contributed by atoms with van der Waals surface area (Å²) < 4.78 is 1.03. The summed E-state index contributed by atoms with van der Waals surface area (Å²) in [6.07, 6.45) is 1.02. The molecule has 0 aliphatic carbocycles. The molecule has 0 atom stereocenters. The summed E-state index contributed by atoms with van der Waals surface area (Å²) in [5.74, 6) is 0.663. The first-order chi connectivity index (χ1) is 10.1. The van der Waals surface area contributed by atoms with Crippen LogP contribution in [-0.4, -0.2) is 9.97 Å². The van der Waals surface area contributed by atoms with Gasteiger partial charge in [-0.3, -0.25) is 0 Å². The third kappa shape index (κ3) is 2.68. The number of hydrogen-bond acceptors (Lipinski definition) is 2. The van der Waals surface area contributed by atoms with Gasteiger partial charge < -0.3 is 0 Å². The second-order valence-corrected chi connectivity index (χ2v) is 6.17. The summed E-state index contributed by atoms with van der Waals surface area (Å²) in [6, 6.07) is 12.2. The number of hydrogen-bond donors (Lipinski definition) is 0. The first kappa shape index (κ1) is 14.5. The zero-order valence-electron chi connectivity index (χ0n) is 11.8. The van der Waals surface area contributed by atoms with Crippen molar-refractivity contribution in [1.82, 2.24) is 9.97 Å². The van der Waals surface area contributed by atoms with Gasteiger partial charge in [0.1, 0.15) is 5.15 Å². The Balaban J connectivity index is 2.21. The van der Waals surface area contributed by atoms with Gasteiger partial charge in [0.05, 0.1) is 5.52 Å². The maximum atomic E-state index is 6.33. The Kier molecular flexibility index (Phi) is 3.96. The molecule has 0 aliphatic rings. The molecule has 3 rings (SSSR count). The van der Waals surface area contributed by atoms with Gasteiger partial charge in [-0.25, -0.2) is 9.97 Å². The van der Waals surface area contributed by atoms with Crippen molar-refractivity contribution in [3.8, 4) is 11.4 Å². The number of halogens is 2. The molecule has 1 aromatic heterocycles. The van der Waals surface area contributed by atoms with E-state index in [4.69, 9.17) is 16.6 Å². The van der Waals surface area contributed by atoms with Gasteiger partial charge in [0.2, 0.25) is 0 Å². The Hall–Kier alpha value is -1.45. The third-order valence-electron chi connectivity index (χ3n) is 3.63. The van der Waals surface area contributed by atoms with Crippen LogP contribution in [0.4, 0.5) is 0 Å². The van der Waals surface area contributed by atoms with Gasteiger partial charge in [0, 0.05) is 15.4 Å². The van der Waals surface area contributed by atoms with Crippen molar-refractivity contribution in [2.24, 2.45) is 0 Å². The van der Waals surface area contributed by atoms with Crippen molar-refractivity contribution in [2.45, 2.75) is 20.3 Å². The number of fused-ring (bicyclic) bond motifs is 1. The van der Waals surface area contributed by atoms with Crippen LogP contribution in [0.5, 0.6) is 0 Å². The average molecular weight is 362 g/mol. The maximum absolute atomic E-state index is 6.33. The van der Waals surface area contributed by atoms with Crippen molar-refractivity contribution < 1.29 is 0 Å². The van der Waals surface area contributed by atoms with Crippen molar-refractivity contribution in [3.05, 3.63) is 57.2 Å². The topological polar surface area (TPSA) is 25.8 Å². The first-order valence-electron chi connectivity index (χ1n) is 6.82. The molecule has 1 heterocycles. The lowest BCUT2D eigenvalue weighted by molar-refractivity contribution is 1.14. The van der Waals surface area contributed by atoms with Crippen LogP contribution in [0.1, 0.15) is 18.1 Å². The molecule has 0 bridgehead atoms. The van der Waals surface area contributed by atoms with Crippen LogP contribution in [0, 0.1) is 6.92 Å². The zero-order valence-corrected chi connectivity index (χ0v) is 14.2. The number of nitrogens with zero attached hydrogens (tertiary/aromatic N) is 2. The van der Waals surface area contributed by atoms with Crippen LogP contribution in [0.3, 0.4) is 0 Å². The first-order valence-corrected chi connectivity index (χ1v) is 7.99. The highest BCUT2D eigenvalue weighted by Gasteiger charge is 2.11. The van der Waals surface area contributed by atoms with Crippen LogP contribution in [0.25, 0.3) is 22.3 Å². The lowest BCUT2D eigenvalue weighted by atomic mass is 10.1. The van der Waals surface area contributed by atoms with E-state index in [9.17, 15) is 0 Å². The highest BCUT2D eigenvalue weighted by molar-refractivity contribution is 9.10. The smallest absolute Gasteiger partial charge is 0.161 e. The molecule has 0 N–H and O–H groups in total. The molecule has 106 valence electrons. The van der Waals surface area contributed by atoms with E-state index in [-0.39, 0.29) is 0 Å². The molecule has 0 saturated heterocycles. The molecular weight excluding hydrogens is 348 g/mol. The van der Waals surface area contributed by atoms with E-state index in [1.807, 2.05) is 31.2 Å². The van der Waals surface area contributed by atoms with Gasteiger partial charge in [0.15, 0.2) is 5.82 Å². The van der Waals surface area contributed by atoms with Gasteiger partial charge in [-0.05, 0) is 36.6 Å². The van der Waals surface area contributed by atoms with Crippen LogP contribution in [0.2, 0.25) is 5.15 Å². The van der Waals surface area contributed by atoms with E-state index in [2.05, 4.69) is 40.0 Å². The largest absolute Gasteiger partial charge is 0.228 e. The van der Waals surface area contributed by atoms with E-state index in [1.54, 1.807) is 0 Å². The van der Waals surface area contributed by atoms with E-state index < -0.39 is 0 Å². The lowest BCUT2D eigenvalue weighted by Gasteiger charge is -2.08. The standard InChI is InChI=1S/C17H14BrClN2/c1-3-11-4-6-12(7-5-11)17-20-15-10(2)14(18)9-8-13(15)16(19)21-17/h4-9H,3H2,1-2H3. The highest BCUT2D eigenvalue weighted by Crippen LogP contribution is 2.30. The fourth-order valence-corrected chi connectivity index (χ4v) is 2.84. The van der Waals surface area contributed by atoms with Gasteiger partial charge in [-0.15, -0.1) is 0 Å². The van der Waals surface area contributed by atoms with Gasteiger partial charge in [-0.2, -0.15) is 0 Å². The average Bonchev–Trinajstić information content (AvgIpc) is 2.51. The number of rotatable bonds is 2. The summed E-state index contributed by atoms with van der Waals surface area (Å²) in [5.41, 5.74) is 4.24. The Morgan fingerprint density at radius 2 is 1.76 bits per heavy atom. The van der Waals surface area contributed by atoms with Crippen LogP contribution < -0.4 is 0 Å². The lowest BCUT2D eigenvalue weighted by Crippen LogP contribution is -1.94. The Morgan fingerprint density at radius 3 is 2.43 bits per heavy atom. The third-order valence-corrected chi connectivity index (χ3v) is 4.78. The fourth-order valence-electron chi connectivity index (χ4n) is 2.29. The van der Waals surface area contributed by atoms with E-state index in [0.717, 1.165) is 32.9 Å². The summed E-state index contributed by atoms with van der Waals surface area (Å²) in [4.78, 5) is 9.13. The second-order valence-electron chi connectivity index (χ2n) is 4.96. The minimum atomic E-state index is 0.491. The number of aromatic nitrogens is 2. The molecule has 0 amide bonds. The maximum Gasteiger partial charge on any atom is 0.161 e. The van der Waals surface area contributed by atoms with Crippen LogP contribution in [-0.2, 0) is 6.42 Å². The molecule has 0 fully saturated rings. The highest BCUT2D eigenvalue weighted by atomic mass is 79.9. The van der Waals surface area contributed by atoms with Gasteiger partial charge in [0.25, 0.3) is 0 Å². The minimum Gasteiger partial charge on any atom is -0.228 e. The van der Waals surface area contributed by atoms with Crippen LogP contribution in [0.15, 0.2) is 40.9 Å². The fraction of sp³-hybridized carbons (Fsp3) is 0.176. The number of benzene rings is 2. The van der Waals surface area contributed by atoms with Crippen molar-refractivity contribution in [2.75, 3.05) is 0 Å². The molecule has 21 heavy (non-hydrogen) atoms. The molecule has 3 aromatic rings. The van der Waals surface area contributed by atoms with Crippen molar-refractivity contribution >= 4 is 38.4 Å². The predicted molar refractivity (Wildman–Crippen MR) is 91.8 cm³/mol. The van der Waals surface area contributed by atoms with Gasteiger partial charge >= 0.3 is 0 Å². The normalized spacial score (nSPS) is 11.0. The van der Waals surface area contributed by atoms with Crippen molar-refractivity contribution in [1.29, 1.82) is 0 Å². The molecule has 0 radical (unpaired) electrons. The Labute approximate surface area is 137 Å². The molecule has 0 unspecified atom stereocenters. The zero-order chi connectivity index (χ0) is 15.0. The van der Waals surface area contributed by atoms with E-state index >= 15 is 0 Å². The number of aryl methyl sites for hydroxylation is 2. The monoisotopic (exact) mass is 360 g/mol. The molecule has 4 heteroatoms. The SMILES string of the molecule is CCc1ccc(-c2nc(Cl)c3ccc(Br)c(C)c3n2)cc1. The Morgan fingerprint density at radius 1 is 1.05 bits per heavy atom. The minimum absolute atomic E-state index is 0.491. The molecular formula is C17H14BrClN2. The predicted octanol–water partition coefficient (Wildman–Crippen LogP) is 5.58. The van der Waals surface area contributed by atoms with E-state index in [1.165, 1.54) is 5.56 Å². The summed E-state index contributed by atoms with van der Waals surface area (Å²) in [7, 11) is 0. The molecule has 0 saturated carbocycles. The molecule has 2 nitrogen and oxygen atoms in total. The molecule has 0 aliphatic heterocycles. The van der Waals surface area contributed by atoms with Gasteiger partial charge in [-0.1, -0.05) is 58.7 Å². The molecule has 2 aromatic carbocycles. The van der Waals surface area contributed by atoms with E-state index in [0.29, 0.717) is 11.0 Å². The molecule has 0 spiro atoms. The summed E-state index contributed by atoms with van der Waals surface area (Å²) in [6.45, 7) is 4.17. The Bertz CT molecular complexity index is 813. The summed E-state index contributed by atoms with van der Waals surface area (Å²) >= 11 is 9.87. The summed E-state index contributed by atoms with van der Waals surface area (Å²) in [5, 5.41) is 1.37. The van der Waals surface area contributed by atoms with Crippen molar-refractivity contribution in [3.63, 3.8) is 0 Å². The van der Waals surface area contributed by atoms with Crippen LogP contribution >= 0.6 is 27.5 Å². The second kappa shape index (κ2) is 5.74.